The van der Waals surface area contributed by atoms with Crippen LogP contribution >= 0.6 is 0 Å². The molecule has 0 saturated heterocycles. The Hall–Kier alpha value is -1.74. The lowest BCUT2D eigenvalue weighted by molar-refractivity contribution is 0.388. The van der Waals surface area contributed by atoms with Gasteiger partial charge < -0.3 is 5.32 Å². The Morgan fingerprint density at radius 2 is 2.19 bits per heavy atom. The summed E-state index contributed by atoms with van der Waals surface area (Å²) in [6, 6.07) is 8.92. The van der Waals surface area contributed by atoms with Crippen molar-refractivity contribution >= 4 is 0 Å². The topological polar surface area (TPSA) is 37.8 Å². The highest BCUT2D eigenvalue weighted by molar-refractivity contribution is 5.28. The third-order valence-corrected chi connectivity index (χ3v) is 4.37. The maximum absolute atomic E-state index is 4.69. The first-order valence-corrected chi connectivity index (χ1v) is 7.94. The summed E-state index contributed by atoms with van der Waals surface area (Å²) in [5.74, 6) is 0.509. The molecule has 0 saturated carbocycles. The molecule has 110 valence electrons. The van der Waals surface area contributed by atoms with Crippen molar-refractivity contribution in [3.05, 3.63) is 59.7 Å². The summed E-state index contributed by atoms with van der Waals surface area (Å²) < 4.78 is 0. The van der Waals surface area contributed by atoms with Crippen molar-refractivity contribution in [2.24, 2.45) is 0 Å². The third kappa shape index (κ3) is 3.30. The van der Waals surface area contributed by atoms with Gasteiger partial charge in [0.1, 0.15) is 0 Å². The first-order chi connectivity index (χ1) is 10.4. The van der Waals surface area contributed by atoms with Crippen molar-refractivity contribution in [1.82, 2.24) is 15.3 Å². The minimum atomic E-state index is 0.438. The molecular formula is C18H23N3. The smallest absolute Gasteiger partial charge is 0.0482 e. The SMILES string of the molecule is CCNC(Cc1cccnc1)C1CCCc2cccnc21. The molecule has 0 radical (unpaired) electrons. The molecule has 2 aromatic rings. The van der Waals surface area contributed by atoms with E-state index < -0.39 is 0 Å². The lowest BCUT2D eigenvalue weighted by atomic mass is 9.80. The zero-order valence-electron chi connectivity index (χ0n) is 12.6. The summed E-state index contributed by atoms with van der Waals surface area (Å²) in [7, 11) is 0. The average Bonchev–Trinajstić information content (AvgIpc) is 2.55. The molecule has 0 amide bonds. The van der Waals surface area contributed by atoms with Crippen LogP contribution in [0.3, 0.4) is 0 Å². The second kappa shape index (κ2) is 6.81. The standard InChI is InChI=1S/C18H23N3/c1-2-20-17(12-14-6-4-10-19-13-14)16-9-3-7-15-8-5-11-21-18(15)16/h4-6,8,10-11,13,16-17,20H,2-3,7,9,12H2,1H3. The van der Waals surface area contributed by atoms with Crippen LogP contribution in [0.4, 0.5) is 0 Å². The van der Waals surface area contributed by atoms with Crippen LogP contribution in [0.25, 0.3) is 0 Å². The van der Waals surface area contributed by atoms with Crippen LogP contribution in [0, 0.1) is 0 Å². The number of pyridine rings is 2. The van der Waals surface area contributed by atoms with Crippen molar-refractivity contribution in [1.29, 1.82) is 0 Å². The van der Waals surface area contributed by atoms with Crippen LogP contribution in [0.5, 0.6) is 0 Å². The molecule has 1 aliphatic carbocycles. The molecule has 3 rings (SSSR count). The molecule has 21 heavy (non-hydrogen) atoms. The molecule has 1 aliphatic rings. The fourth-order valence-corrected chi connectivity index (χ4v) is 3.43. The number of rotatable bonds is 5. The summed E-state index contributed by atoms with van der Waals surface area (Å²) in [6.45, 7) is 3.17. The van der Waals surface area contributed by atoms with E-state index in [0.717, 1.165) is 13.0 Å². The summed E-state index contributed by atoms with van der Waals surface area (Å²) >= 11 is 0. The predicted octanol–water partition coefficient (Wildman–Crippen LogP) is 3.12. The summed E-state index contributed by atoms with van der Waals surface area (Å²) in [5, 5.41) is 3.67. The lowest BCUT2D eigenvalue weighted by Crippen LogP contribution is -2.38. The summed E-state index contributed by atoms with van der Waals surface area (Å²) in [5.41, 5.74) is 4.04. The number of fused-ring (bicyclic) bond motifs is 1. The van der Waals surface area contributed by atoms with E-state index in [-0.39, 0.29) is 0 Å². The Morgan fingerprint density at radius 1 is 1.29 bits per heavy atom. The van der Waals surface area contributed by atoms with Crippen LogP contribution in [0.15, 0.2) is 42.9 Å². The van der Waals surface area contributed by atoms with E-state index in [1.807, 2.05) is 24.7 Å². The Balaban J connectivity index is 1.84. The summed E-state index contributed by atoms with van der Waals surface area (Å²) in [6.07, 6.45) is 10.4. The van der Waals surface area contributed by atoms with E-state index >= 15 is 0 Å². The monoisotopic (exact) mass is 281 g/mol. The van der Waals surface area contributed by atoms with Gasteiger partial charge in [0.25, 0.3) is 0 Å². The fourth-order valence-electron chi connectivity index (χ4n) is 3.43. The first kappa shape index (κ1) is 14.2. The van der Waals surface area contributed by atoms with Gasteiger partial charge in [-0.05, 0) is 55.5 Å². The fraction of sp³-hybridized carbons (Fsp3) is 0.444. The van der Waals surface area contributed by atoms with Gasteiger partial charge in [-0.2, -0.15) is 0 Å². The zero-order valence-corrected chi connectivity index (χ0v) is 12.6. The average molecular weight is 281 g/mol. The van der Waals surface area contributed by atoms with Crippen molar-refractivity contribution in [2.75, 3.05) is 6.54 Å². The van der Waals surface area contributed by atoms with Gasteiger partial charge in [0.2, 0.25) is 0 Å². The molecule has 2 heterocycles. The van der Waals surface area contributed by atoms with Gasteiger partial charge in [0.05, 0.1) is 0 Å². The molecule has 1 N–H and O–H groups in total. The van der Waals surface area contributed by atoms with E-state index in [1.165, 1.54) is 36.1 Å². The molecule has 2 unspecified atom stereocenters. The van der Waals surface area contributed by atoms with Gasteiger partial charge in [-0.1, -0.05) is 19.1 Å². The van der Waals surface area contributed by atoms with Crippen molar-refractivity contribution < 1.29 is 0 Å². The highest BCUT2D eigenvalue weighted by Crippen LogP contribution is 2.33. The van der Waals surface area contributed by atoms with Gasteiger partial charge in [0.15, 0.2) is 0 Å². The number of aromatic nitrogens is 2. The van der Waals surface area contributed by atoms with Gasteiger partial charge in [-0.25, -0.2) is 0 Å². The Morgan fingerprint density at radius 3 is 3.00 bits per heavy atom. The van der Waals surface area contributed by atoms with Crippen LogP contribution in [0.2, 0.25) is 0 Å². The maximum Gasteiger partial charge on any atom is 0.0482 e. The van der Waals surface area contributed by atoms with Gasteiger partial charge in [-0.15, -0.1) is 0 Å². The van der Waals surface area contributed by atoms with Gasteiger partial charge in [0, 0.05) is 36.2 Å². The van der Waals surface area contributed by atoms with E-state index in [9.17, 15) is 0 Å². The van der Waals surface area contributed by atoms with E-state index in [4.69, 9.17) is 0 Å². The van der Waals surface area contributed by atoms with Gasteiger partial charge >= 0.3 is 0 Å². The van der Waals surface area contributed by atoms with Crippen molar-refractivity contribution in [3.63, 3.8) is 0 Å². The predicted molar refractivity (Wildman–Crippen MR) is 85.3 cm³/mol. The minimum Gasteiger partial charge on any atom is -0.313 e. The number of nitrogens with zero attached hydrogens (tertiary/aromatic N) is 2. The van der Waals surface area contributed by atoms with Crippen LogP contribution in [0.1, 0.15) is 42.5 Å². The Kier molecular flexibility index (Phi) is 4.61. The normalized spacial score (nSPS) is 19.0. The molecule has 0 spiro atoms. The Bertz CT molecular complexity index is 568. The molecular weight excluding hydrogens is 258 g/mol. The molecule has 0 bridgehead atoms. The number of hydrogen-bond donors (Lipinski definition) is 1. The lowest BCUT2D eigenvalue weighted by Gasteiger charge is -2.32. The van der Waals surface area contributed by atoms with E-state index in [0.29, 0.717) is 12.0 Å². The Labute approximate surface area is 126 Å². The first-order valence-electron chi connectivity index (χ1n) is 7.94. The van der Waals surface area contributed by atoms with Crippen LogP contribution in [-0.4, -0.2) is 22.6 Å². The second-order valence-corrected chi connectivity index (χ2v) is 5.78. The number of likely N-dealkylation sites (N-methyl/N-ethyl adjacent to an activating group) is 1. The van der Waals surface area contributed by atoms with Crippen molar-refractivity contribution in [2.45, 2.75) is 44.6 Å². The molecule has 3 nitrogen and oxygen atoms in total. The highest BCUT2D eigenvalue weighted by Gasteiger charge is 2.28. The minimum absolute atomic E-state index is 0.438. The maximum atomic E-state index is 4.69. The van der Waals surface area contributed by atoms with Crippen LogP contribution < -0.4 is 5.32 Å². The second-order valence-electron chi connectivity index (χ2n) is 5.78. The number of nitrogens with one attached hydrogen (secondary N) is 1. The molecule has 2 atom stereocenters. The van der Waals surface area contributed by atoms with E-state index in [1.54, 1.807) is 0 Å². The molecule has 2 aromatic heterocycles. The number of aryl methyl sites for hydroxylation is 1. The highest BCUT2D eigenvalue weighted by atomic mass is 14.9. The largest absolute Gasteiger partial charge is 0.313 e. The van der Waals surface area contributed by atoms with Crippen molar-refractivity contribution in [3.8, 4) is 0 Å². The van der Waals surface area contributed by atoms with Gasteiger partial charge in [-0.3, -0.25) is 9.97 Å². The third-order valence-electron chi connectivity index (χ3n) is 4.37. The summed E-state index contributed by atoms with van der Waals surface area (Å²) in [4.78, 5) is 8.93. The quantitative estimate of drug-likeness (QED) is 0.915. The zero-order chi connectivity index (χ0) is 14.5. The number of hydrogen-bond acceptors (Lipinski definition) is 3. The molecule has 0 aliphatic heterocycles. The van der Waals surface area contributed by atoms with Crippen LogP contribution in [-0.2, 0) is 12.8 Å². The molecule has 3 heteroatoms. The molecule has 0 fully saturated rings. The van der Waals surface area contributed by atoms with E-state index in [2.05, 4.69) is 40.4 Å². The molecule has 0 aromatic carbocycles.